The molecule has 2 aliphatic rings. The first-order valence-electron chi connectivity index (χ1n) is 10.6. The van der Waals surface area contributed by atoms with Crippen molar-refractivity contribution in [3.63, 3.8) is 0 Å². The van der Waals surface area contributed by atoms with Crippen LogP contribution in [0.3, 0.4) is 0 Å². The standard InChI is InChI=1S/C24H22N4O2S2/c1-16-9-10-20-25-21(26-11-5-6-12-26)18(22(29)27(20)14-16)13-19-23(30)28(24(31)32-19)15-17-7-3-2-4-8-17/h2-4,7-10,13-14H,5-6,11-12,15H2,1H3. The van der Waals surface area contributed by atoms with Crippen LogP contribution >= 0.6 is 24.0 Å². The Morgan fingerprint density at radius 1 is 1.09 bits per heavy atom. The molecule has 1 amide bonds. The molecule has 2 aromatic heterocycles. The first-order valence-corrected chi connectivity index (χ1v) is 11.8. The maximum absolute atomic E-state index is 13.5. The summed E-state index contributed by atoms with van der Waals surface area (Å²) in [6, 6.07) is 13.6. The molecular weight excluding hydrogens is 440 g/mol. The molecule has 0 atom stereocenters. The molecule has 8 heteroatoms. The van der Waals surface area contributed by atoms with Gasteiger partial charge in [0.1, 0.15) is 15.8 Å². The summed E-state index contributed by atoms with van der Waals surface area (Å²) in [5, 5.41) is 0. The van der Waals surface area contributed by atoms with Crippen molar-refractivity contribution in [2.45, 2.75) is 26.3 Å². The smallest absolute Gasteiger partial charge is 0.267 e. The topological polar surface area (TPSA) is 57.9 Å². The van der Waals surface area contributed by atoms with Crippen molar-refractivity contribution in [1.82, 2.24) is 14.3 Å². The van der Waals surface area contributed by atoms with E-state index < -0.39 is 0 Å². The normalized spacial score (nSPS) is 17.8. The van der Waals surface area contributed by atoms with Crippen molar-refractivity contribution in [1.29, 1.82) is 0 Å². The van der Waals surface area contributed by atoms with Gasteiger partial charge in [0.25, 0.3) is 11.5 Å². The molecule has 2 saturated heterocycles. The Balaban J connectivity index is 1.58. The molecule has 6 nitrogen and oxygen atoms in total. The molecule has 0 N–H and O–H groups in total. The molecule has 0 unspecified atom stereocenters. The number of nitrogens with zero attached hydrogens (tertiary/aromatic N) is 4. The summed E-state index contributed by atoms with van der Waals surface area (Å²) in [6.45, 7) is 4.05. The molecule has 2 aliphatic heterocycles. The van der Waals surface area contributed by atoms with E-state index in [-0.39, 0.29) is 11.5 Å². The Hall–Kier alpha value is -2.97. The van der Waals surface area contributed by atoms with E-state index in [1.54, 1.807) is 21.6 Å². The van der Waals surface area contributed by atoms with Crippen LogP contribution in [0.4, 0.5) is 5.82 Å². The Bertz CT molecular complexity index is 1310. The monoisotopic (exact) mass is 462 g/mol. The molecule has 0 radical (unpaired) electrons. The largest absolute Gasteiger partial charge is 0.356 e. The van der Waals surface area contributed by atoms with Crippen molar-refractivity contribution in [3.8, 4) is 0 Å². The Morgan fingerprint density at radius 2 is 1.84 bits per heavy atom. The average Bonchev–Trinajstić information content (AvgIpc) is 3.41. The molecule has 2 fully saturated rings. The second kappa shape index (κ2) is 8.52. The first kappa shape index (κ1) is 20.9. The van der Waals surface area contributed by atoms with Crippen LogP contribution in [0.25, 0.3) is 11.7 Å². The molecular formula is C24H22N4O2S2. The zero-order valence-electron chi connectivity index (χ0n) is 17.7. The first-order chi connectivity index (χ1) is 15.5. The number of fused-ring (bicyclic) bond motifs is 1. The number of aryl methyl sites for hydroxylation is 1. The van der Waals surface area contributed by atoms with Gasteiger partial charge >= 0.3 is 0 Å². The SMILES string of the molecule is Cc1ccc2nc(N3CCCC3)c(C=C3SC(=S)N(Cc4ccccc4)C3=O)c(=O)n2c1. The number of rotatable bonds is 4. The molecule has 5 rings (SSSR count). The minimum Gasteiger partial charge on any atom is -0.356 e. The number of hydrogen-bond acceptors (Lipinski definition) is 6. The van der Waals surface area contributed by atoms with Crippen LogP contribution in [0.15, 0.2) is 58.4 Å². The molecule has 1 aromatic carbocycles. The second-order valence-corrected chi connectivity index (χ2v) is 9.71. The molecule has 4 heterocycles. The number of anilines is 1. The predicted molar refractivity (Wildman–Crippen MR) is 133 cm³/mol. The summed E-state index contributed by atoms with van der Waals surface area (Å²) in [4.78, 5) is 35.7. The summed E-state index contributed by atoms with van der Waals surface area (Å²) in [6.07, 6.45) is 5.60. The highest BCUT2D eigenvalue weighted by Gasteiger charge is 2.33. The van der Waals surface area contributed by atoms with Crippen LogP contribution in [0.1, 0.15) is 29.5 Å². The minimum atomic E-state index is -0.176. The highest BCUT2D eigenvalue weighted by atomic mass is 32.2. The third kappa shape index (κ3) is 3.84. The van der Waals surface area contributed by atoms with E-state index in [2.05, 4.69) is 4.90 Å². The zero-order valence-corrected chi connectivity index (χ0v) is 19.3. The van der Waals surface area contributed by atoms with Crippen molar-refractivity contribution < 1.29 is 4.79 Å². The van der Waals surface area contributed by atoms with Gasteiger partial charge < -0.3 is 4.90 Å². The number of aromatic nitrogens is 2. The van der Waals surface area contributed by atoms with Crippen LogP contribution in [0.2, 0.25) is 0 Å². The molecule has 0 spiro atoms. The summed E-state index contributed by atoms with van der Waals surface area (Å²) in [7, 11) is 0. The lowest BCUT2D eigenvalue weighted by atomic mass is 10.2. The van der Waals surface area contributed by atoms with Crippen LogP contribution in [-0.2, 0) is 11.3 Å². The molecule has 32 heavy (non-hydrogen) atoms. The number of amides is 1. The molecule has 3 aromatic rings. The fourth-order valence-corrected chi connectivity index (χ4v) is 5.31. The van der Waals surface area contributed by atoms with Crippen LogP contribution in [-0.4, -0.2) is 37.6 Å². The summed E-state index contributed by atoms with van der Waals surface area (Å²) < 4.78 is 2.06. The van der Waals surface area contributed by atoms with E-state index >= 15 is 0 Å². The second-order valence-electron chi connectivity index (χ2n) is 8.04. The van der Waals surface area contributed by atoms with Crippen molar-refractivity contribution >= 4 is 51.7 Å². The van der Waals surface area contributed by atoms with Gasteiger partial charge in [-0.25, -0.2) is 4.98 Å². The summed E-state index contributed by atoms with van der Waals surface area (Å²) >= 11 is 6.73. The van der Waals surface area contributed by atoms with E-state index in [0.29, 0.717) is 32.8 Å². The van der Waals surface area contributed by atoms with E-state index in [1.165, 1.54) is 11.8 Å². The van der Waals surface area contributed by atoms with Gasteiger partial charge in [-0.1, -0.05) is 60.4 Å². The average molecular weight is 463 g/mol. The Labute approximate surface area is 195 Å². The van der Waals surface area contributed by atoms with E-state index in [0.717, 1.165) is 37.1 Å². The van der Waals surface area contributed by atoms with Gasteiger partial charge in [-0.05, 0) is 43.0 Å². The third-order valence-corrected chi connectivity index (χ3v) is 7.10. The Kier molecular flexibility index (Phi) is 5.57. The Morgan fingerprint density at radius 3 is 2.59 bits per heavy atom. The van der Waals surface area contributed by atoms with Crippen LogP contribution < -0.4 is 10.5 Å². The van der Waals surface area contributed by atoms with Gasteiger partial charge in [0.15, 0.2) is 0 Å². The summed E-state index contributed by atoms with van der Waals surface area (Å²) in [5.74, 6) is 0.467. The predicted octanol–water partition coefficient (Wildman–Crippen LogP) is 4.00. The highest BCUT2D eigenvalue weighted by molar-refractivity contribution is 8.26. The number of benzene rings is 1. The van der Waals surface area contributed by atoms with E-state index in [1.807, 2.05) is 49.4 Å². The molecule has 0 aliphatic carbocycles. The number of carbonyl (C=O) groups is 1. The zero-order chi connectivity index (χ0) is 22.2. The van der Waals surface area contributed by atoms with Gasteiger partial charge in [-0.2, -0.15) is 0 Å². The van der Waals surface area contributed by atoms with Gasteiger partial charge in [0, 0.05) is 19.3 Å². The van der Waals surface area contributed by atoms with Crippen molar-refractivity contribution in [2.75, 3.05) is 18.0 Å². The number of hydrogen-bond donors (Lipinski definition) is 0. The van der Waals surface area contributed by atoms with Gasteiger partial charge in [0.05, 0.1) is 17.0 Å². The van der Waals surface area contributed by atoms with Gasteiger partial charge in [-0.3, -0.25) is 18.9 Å². The maximum atomic E-state index is 13.5. The fraction of sp³-hybridized carbons (Fsp3) is 0.250. The van der Waals surface area contributed by atoms with Crippen molar-refractivity contribution in [2.24, 2.45) is 0 Å². The lowest BCUT2D eigenvalue weighted by Gasteiger charge is -2.19. The van der Waals surface area contributed by atoms with Crippen LogP contribution in [0, 0.1) is 6.92 Å². The number of carbonyl (C=O) groups excluding carboxylic acids is 1. The quantitative estimate of drug-likeness (QED) is 0.431. The molecule has 162 valence electrons. The third-order valence-electron chi connectivity index (χ3n) is 5.72. The van der Waals surface area contributed by atoms with Gasteiger partial charge in [-0.15, -0.1) is 0 Å². The number of thiocarbonyl (C=S) groups is 1. The van der Waals surface area contributed by atoms with E-state index in [9.17, 15) is 9.59 Å². The highest BCUT2D eigenvalue weighted by Crippen LogP contribution is 2.34. The van der Waals surface area contributed by atoms with Crippen LogP contribution in [0.5, 0.6) is 0 Å². The lowest BCUT2D eigenvalue weighted by Crippen LogP contribution is -2.28. The molecule has 0 bridgehead atoms. The van der Waals surface area contributed by atoms with E-state index in [4.69, 9.17) is 17.2 Å². The fourth-order valence-electron chi connectivity index (χ4n) is 4.08. The maximum Gasteiger partial charge on any atom is 0.267 e. The lowest BCUT2D eigenvalue weighted by molar-refractivity contribution is -0.122. The molecule has 0 saturated carbocycles. The minimum absolute atomic E-state index is 0.172. The van der Waals surface area contributed by atoms with Gasteiger partial charge in [0.2, 0.25) is 0 Å². The number of pyridine rings is 1. The van der Waals surface area contributed by atoms with Crippen molar-refractivity contribution in [3.05, 3.63) is 80.6 Å². The summed E-state index contributed by atoms with van der Waals surface area (Å²) in [5.41, 5.74) is 2.85. The number of thioether (sulfide) groups is 1.